The van der Waals surface area contributed by atoms with Crippen LogP contribution in [0, 0.1) is 0 Å². The number of hydrogen-bond donors (Lipinski definition) is 2. The number of nitrogens with one attached hydrogen (secondary N) is 1. The van der Waals surface area contributed by atoms with E-state index in [1.807, 2.05) is 23.6 Å². The Kier molecular flexibility index (Phi) is 11.4. The van der Waals surface area contributed by atoms with Crippen molar-refractivity contribution >= 4 is 57.6 Å². The van der Waals surface area contributed by atoms with Gasteiger partial charge in [0.25, 0.3) is 5.91 Å². The molecular formula is C29H32Cl2N2O5S. The summed E-state index contributed by atoms with van der Waals surface area (Å²) in [5.41, 5.74) is 3.08. The Labute approximate surface area is 242 Å². The fraction of sp³-hybridized carbons (Fsp3) is 0.345. The van der Waals surface area contributed by atoms with E-state index < -0.39 is 11.9 Å². The van der Waals surface area contributed by atoms with Gasteiger partial charge in [0, 0.05) is 39.8 Å². The molecule has 208 valence electrons. The number of unbranched alkanes of at least 4 members (excludes halogenated alkanes) is 1. The molecule has 7 nitrogen and oxygen atoms in total. The molecule has 3 rings (SSSR count). The van der Waals surface area contributed by atoms with Gasteiger partial charge >= 0.3 is 5.97 Å². The number of ether oxygens (including phenoxy) is 2. The average Bonchev–Trinajstić information content (AvgIpc) is 3.38. The number of rotatable bonds is 13. The predicted molar refractivity (Wildman–Crippen MR) is 158 cm³/mol. The summed E-state index contributed by atoms with van der Waals surface area (Å²) < 4.78 is 12.0. The zero-order valence-corrected chi connectivity index (χ0v) is 24.7. The van der Waals surface area contributed by atoms with Crippen LogP contribution in [-0.4, -0.2) is 35.7 Å². The molecule has 39 heavy (non-hydrogen) atoms. The van der Waals surface area contributed by atoms with Crippen molar-refractivity contribution in [2.24, 2.45) is 0 Å². The monoisotopic (exact) mass is 590 g/mol. The first-order valence-corrected chi connectivity index (χ1v) is 14.3. The van der Waals surface area contributed by atoms with Crippen LogP contribution in [0.2, 0.25) is 10.0 Å². The molecule has 0 aliphatic rings. The van der Waals surface area contributed by atoms with E-state index in [9.17, 15) is 9.59 Å². The number of aliphatic carboxylic acids is 1. The van der Waals surface area contributed by atoms with Crippen molar-refractivity contribution in [3.05, 3.63) is 68.0 Å². The number of thiazole rings is 1. The number of carboxylic acid groups (broad SMARTS) is 1. The minimum absolute atomic E-state index is 0.0689. The number of carboxylic acids is 1. The molecule has 1 atom stereocenters. The first-order chi connectivity index (χ1) is 18.7. The van der Waals surface area contributed by atoms with Crippen LogP contribution < -0.4 is 10.1 Å². The van der Waals surface area contributed by atoms with Gasteiger partial charge < -0.3 is 14.6 Å². The van der Waals surface area contributed by atoms with Crippen molar-refractivity contribution in [1.82, 2.24) is 4.98 Å². The van der Waals surface area contributed by atoms with Crippen molar-refractivity contribution in [1.29, 1.82) is 0 Å². The van der Waals surface area contributed by atoms with Gasteiger partial charge in [-0.2, -0.15) is 0 Å². The second-order valence-electron chi connectivity index (χ2n) is 8.91. The minimum atomic E-state index is -1.09. The number of para-hydroxylation sites is 1. The predicted octanol–water partition coefficient (Wildman–Crippen LogP) is 8.52. The van der Waals surface area contributed by atoms with Crippen LogP contribution in [0.5, 0.6) is 5.75 Å². The standard InChI is InChI=1S/C29H32Cl2N2O5S/c1-5-7-11-25(38-12-6-2)20-10-8-9-19(26(20)37-4)24-16-39-29(32-24)33-27(34)18-14-22(30)21(23(31)15-18)13-17(3)28(35)36/h8-10,13-16,25H,5-7,11-12H2,1-4H3,(H,35,36)(H,32,33,34)/b17-13+/t25-/m1/s1. The molecule has 1 aromatic heterocycles. The molecule has 0 unspecified atom stereocenters. The van der Waals surface area contributed by atoms with E-state index in [-0.39, 0.29) is 27.3 Å². The third-order valence-corrected chi connectivity index (χ3v) is 7.36. The normalized spacial score (nSPS) is 12.3. The summed E-state index contributed by atoms with van der Waals surface area (Å²) >= 11 is 13.9. The SMILES string of the molecule is CCCC[C@@H](OCCC)c1cccc(-c2csc(NC(=O)c3cc(Cl)c(/C=C(\C)C(=O)O)c(Cl)c3)n2)c1OC. The number of carbonyl (C=O) groups is 2. The first kappa shape index (κ1) is 30.6. The largest absolute Gasteiger partial charge is 0.496 e. The van der Waals surface area contributed by atoms with Crippen molar-refractivity contribution in [3.8, 4) is 17.0 Å². The Morgan fingerprint density at radius 2 is 1.90 bits per heavy atom. The van der Waals surface area contributed by atoms with E-state index in [2.05, 4.69) is 24.1 Å². The van der Waals surface area contributed by atoms with Crippen LogP contribution in [0.3, 0.4) is 0 Å². The van der Waals surface area contributed by atoms with E-state index in [4.69, 9.17) is 37.8 Å². The van der Waals surface area contributed by atoms with Crippen molar-refractivity contribution < 1.29 is 24.2 Å². The fourth-order valence-corrected chi connectivity index (χ4v) is 5.27. The van der Waals surface area contributed by atoms with Crippen LogP contribution in [0.15, 0.2) is 41.3 Å². The van der Waals surface area contributed by atoms with Gasteiger partial charge in [-0.05, 0) is 44.0 Å². The number of nitrogens with zero attached hydrogens (tertiary/aromatic N) is 1. The van der Waals surface area contributed by atoms with E-state index >= 15 is 0 Å². The molecule has 0 fully saturated rings. The zero-order chi connectivity index (χ0) is 28.5. The Bertz CT molecular complexity index is 1320. The molecular weight excluding hydrogens is 559 g/mol. The van der Waals surface area contributed by atoms with Crippen LogP contribution in [0.25, 0.3) is 17.3 Å². The summed E-state index contributed by atoms with van der Waals surface area (Å²) in [6.07, 6.45) is 5.22. The Morgan fingerprint density at radius 3 is 2.51 bits per heavy atom. The number of methoxy groups -OCH3 is 1. The van der Waals surface area contributed by atoms with Gasteiger partial charge in [-0.15, -0.1) is 11.3 Å². The molecule has 0 aliphatic heterocycles. The summed E-state index contributed by atoms with van der Waals surface area (Å²) in [6, 6.07) is 8.81. The van der Waals surface area contributed by atoms with Gasteiger partial charge in [0.05, 0.1) is 29.0 Å². The van der Waals surface area contributed by atoms with Crippen molar-refractivity contribution in [3.63, 3.8) is 0 Å². The highest BCUT2D eigenvalue weighted by Gasteiger charge is 2.21. The number of aromatic nitrogens is 1. The number of amides is 1. The molecule has 0 spiro atoms. The maximum Gasteiger partial charge on any atom is 0.331 e. The highest BCUT2D eigenvalue weighted by Crippen LogP contribution is 2.40. The van der Waals surface area contributed by atoms with Crippen LogP contribution >= 0.6 is 34.5 Å². The van der Waals surface area contributed by atoms with Crippen LogP contribution in [0.1, 0.15) is 74.0 Å². The second kappa shape index (κ2) is 14.5. The van der Waals surface area contributed by atoms with E-state index in [0.717, 1.165) is 36.8 Å². The maximum atomic E-state index is 13.0. The lowest BCUT2D eigenvalue weighted by Gasteiger charge is -2.22. The Hall–Kier alpha value is -2.91. The molecule has 1 amide bonds. The maximum absolute atomic E-state index is 13.0. The summed E-state index contributed by atoms with van der Waals surface area (Å²) in [4.78, 5) is 28.7. The number of benzene rings is 2. The molecule has 0 aliphatic carbocycles. The Balaban J connectivity index is 1.86. The van der Waals surface area contributed by atoms with Gasteiger partial charge in [-0.1, -0.05) is 62.0 Å². The van der Waals surface area contributed by atoms with Gasteiger partial charge in [0.1, 0.15) is 5.75 Å². The lowest BCUT2D eigenvalue weighted by molar-refractivity contribution is -0.132. The molecule has 2 aromatic carbocycles. The minimum Gasteiger partial charge on any atom is -0.496 e. The molecule has 3 aromatic rings. The van der Waals surface area contributed by atoms with Gasteiger partial charge in [0.2, 0.25) is 0 Å². The molecule has 0 radical (unpaired) electrons. The molecule has 0 saturated heterocycles. The molecule has 0 saturated carbocycles. The summed E-state index contributed by atoms with van der Waals surface area (Å²) in [7, 11) is 1.64. The third kappa shape index (κ3) is 7.82. The topological polar surface area (TPSA) is 97.8 Å². The van der Waals surface area contributed by atoms with E-state index in [1.54, 1.807) is 7.11 Å². The highest BCUT2D eigenvalue weighted by atomic mass is 35.5. The third-order valence-electron chi connectivity index (χ3n) is 5.98. The summed E-state index contributed by atoms with van der Waals surface area (Å²) in [5.74, 6) is -0.828. The van der Waals surface area contributed by atoms with Crippen LogP contribution in [-0.2, 0) is 9.53 Å². The number of anilines is 1. The van der Waals surface area contributed by atoms with Crippen LogP contribution in [0.4, 0.5) is 5.13 Å². The summed E-state index contributed by atoms with van der Waals surface area (Å²) in [6.45, 7) is 6.34. The number of carbonyl (C=O) groups excluding carboxylic acids is 1. The average molecular weight is 592 g/mol. The van der Waals surface area contributed by atoms with Crippen molar-refractivity contribution in [2.75, 3.05) is 19.0 Å². The quantitative estimate of drug-likeness (QED) is 0.193. The lowest BCUT2D eigenvalue weighted by Crippen LogP contribution is -2.12. The molecule has 10 heteroatoms. The smallest absolute Gasteiger partial charge is 0.331 e. The molecule has 2 N–H and O–H groups in total. The number of halogens is 2. The van der Waals surface area contributed by atoms with Gasteiger partial charge in [-0.25, -0.2) is 9.78 Å². The highest BCUT2D eigenvalue weighted by molar-refractivity contribution is 7.14. The lowest BCUT2D eigenvalue weighted by atomic mass is 9.98. The first-order valence-electron chi connectivity index (χ1n) is 12.7. The molecule has 0 bridgehead atoms. The van der Waals surface area contributed by atoms with Crippen molar-refractivity contribution in [2.45, 2.75) is 52.6 Å². The molecule has 1 heterocycles. The second-order valence-corrected chi connectivity index (χ2v) is 10.6. The van der Waals surface area contributed by atoms with E-state index in [0.29, 0.717) is 28.7 Å². The number of hydrogen-bond acceptors (Lipinski definition) is 6. The van der Waals surface area contributed by atoms with E-state index in [1.165, 1.54) is 36.5 Å². The van der Waals surface area contributed by atoms with Gasteiger partial charge in [0.15, 0.2) is 5.13 Å². The van der Waals surface area contributed by atoms with Gasteiger partial charge in [-0.3, -0.25) is 10.1 Å². The zero-order valence-electron chi connectivity index (χ0n) is 22.3. The fourth-order valence-electron chi connectivity index (χ4n) is 3.97. The Morgan fingerprint density at radius 1 is 1.18 bits per heavy atom. The summed E-state index contributed by atoms with van der Waals surface area (Å²) in [5, 5.41) is 14.5.